The first-order valence-corrected chi connectivity index (χ1v) is 5.15. The molecule has 0 radical (unpaired) electrons. The van der Waals surface area contributed by atoms with E-state index in [9.17, 15) is 13.6 Å². The lowest BCUT2D eigenvalue weighted by Crippen LogP contribution is -2.06. The molecule has 7 heteroatoms. The molecule has 0 aliphatic heterocycles. The first-order valence-electron chi connectivity index (χ1n) is 3.69. The normalized spacial score (nSPS) is 10.5. The minimum absolute atomic E-state index is 0.0894. The van der Waals surface area contributed by atoms with E-state index >= 15 is 0 Å². The van der Waals surface area contributed by atoms with Crippen LogP contribution in [-0.4, -0.2) is 17.3 Å². The molecular formula is C8H5ClF2INO2. The number of hydrogen-bond acceptors (Lipinski definition) is 3. The quantitative estimate of drug-likeness (QED) is 0.479. The summed E-state index contributed by atoms with van der Waals surface area (Å²) in [6, 6.07) is 1.31. The number of aromatic nitrogens is 1. The lowest BCUT2D eigenvalue weighted by atomic mass is 10.2. The fraction of sp³-hybridized carbons (Fsp3) is 0.250. The number of carbonyl (C=O) groups is 1. The van der Waals surface area contributed by atoms with Crippen molar-refractivity contribution < 1.29 is 18.3 Å². The Kier molecular flexibility index (Phi) is 4.21. The summed E-state index contributed by atoms with van der Waals surface area (Å²) in [5.74, 6) is -0.0894. The van der Waals surface area contributed by atoms with Gasteiger partial charge in [0.1, 0.15) is 15.1 Å². The molecule has 0 bridgehead atoms. The Hall–Kier alpha value is -0.500. The molecule has 0 fully saturated rings. The molecule has 0 aromatic carbocycles. The fourth-order valence-corrected chi connectivity index (χ4v) is 1.70. The fourth-order valence-electron chi connectivity index (χ4n) is 1.03. The molecule has 1 aromatic heterocycles. The highest BCUT2D eigenvalue weighted by Gasteiger charge is 2.24. The van der Waals surface area contributed by atoms with Crippen molar-refractivity contribution in [2.45, 2.75) is 6.43 Å². The van der Waals surface area contributed by atoms with E-state index in [0.717, 1.165) is 0 Å². The minimum Gasteiger partial charge on any atom is -0.496 e. The van der Waals surface area contributed by atoms with Crippen LogP contribution in [0.2, 0.25) is 0 Å². The molecule has 0 aliphatic carbocycles. The average Bonchev–Trinajstić information content (AvgIpc) is 2.15. The highest BCUT2D eigenvalue weighted by Crippen LogP contribution is 2.32. The van der Waals surface area contributed by atoms with Gasteiger partial charge in [0.25, 0.3) is 11.7 Å². The molecule has 0 unspecified atom stereocenters. The number of methoxy groups -OCH3 is 1. The Morgan fingerprint density at radius 2 is 2.27 bits per heavy atom. The topological polar surface area (TPSA) is 39.2 Å². The van der Waals surface area contributed by atoms with E-state index < -0.39 is 22.9 Å². The third-order valence-corrected chi connectivity index (χ3v) is 2.35. The first-order chi connectivity index (χ1) is 6.97. The molecular weight excluding hydrogens is 342 g/mol. The van der Waals surface area contributed by atoms with Crippen LogP contribution in [0.5, 0.6) is 5.75 Å². The molecule has 0 spiro atoms. The van der Waals surface area contributed by atoms with Crippen LogP contribution in [0.4, 0.5) is 8.78 Å². The Morgan fingerprint density at radius 1 is 1.67 bits per heavy atom. The smallest absolute Gasteiger partial charge is 0.271 e. The van der Waals surface area contributed by atoms with Crippen LogP contribution in [0.3, 0.4) is 0 Å². The monoisotopic (exact) mass is 347 g/mol. The van der Waals surface area contributed by atoms with Gasteiger partial charge >= 0.3 is 0 Å². The second-order valence-electron chi connectivity index (χ2n) is 2.48. The Bertz CT molecular complexity index is 400. The van der Waals surface area contributed by atoms with Crippen molar-refractivity contribution >= 4 is 39.4 Å². The van der Waals surface area contributed by atoms with E-state index in [1.165, 1.54) is 13.2 Å². The third-order valence-electron chi connectivity index (χ3n) is 1.61. The van der Waals surface area contributed by atoms with Gasteiger partial charge < -0.3 is 4.74 Å². The van der Waals surface area contributed by atoms with Crippen LogP contribution in [0, 0.1) is 3.70 Å². The molecule has 82 valence electrons. The Morgan fingerprint density at radius 3 is 2.67 bits per heavy atom. The van der Waals surface area contributed by atoms with Crippen molar-refractivity contribution in [1.82, 2.24) is 4.98 Å². The van der Waals surface area contributed by atoms with Crippen molar-refractivity contribution in [2.24, 2.45) is 0 Å². The van der Waals surface area contributed by atoms with E-state index in [1.54, 1.807) is 22.6 Å². The van der Waals surface area contributed by atoms with Crippen molar-refractivity contribution in [2.75, 3.05) is 7.11 Å². The first kappa shape index (κ1) is 12.6. The molecule has 3 nitrogen and oxygen atoms in total. The largest absolute Gasteiger partial charge is 0.496 e. The van der Waals surface area contributed by atoms with Crippen LogP contribution in [-0.2, 0) is 0 Å². The molecule has 0 N–H and O–H groups in total. The summed E-state index contributed by atoms with van der Waals surface area (Å²) in [7, 11) is 1.24. The van der Waals surface area contributed by atoms with E-state index in [0.29, 0.717) is 3.70 Å². The van der Waals surface area contributed by atoms with Crippen LogP contribution in [0.1, 0.15) is 22.5 Å². The van der Waals surface area contributed by atoms with Gasteiger partial charge in [-0.05, 0) is 34.2 Å². The Balaban J connectivity index is 3.47. The van der Waals surface area contributed by atoms with Gasteiger partial charge in [-0.25, -0.2) is 13.8 Å². The van der Waals surface area contributed by atoms with Gasteiger partial charge in [-0.15, -0.1) is 0 Å². The molecule has 0 amide bonds. The predicted molar refractivity (Wildman–Crippen MR) is 58.6 cm³/mol. The number of carbonyl (C=O) groups excluding carboxylic acids is 1. The number of alkyl halides is 2. The third kappa shape index (κ3) is 2.75. The molecule has 1 heterocycles. The van der Waals surface area contributed by atoms with Gasteiger partial charge in [-0.1, -0.05) is 0 Å². The van der Waals surface area contributed by atoms with Gasteiger partial charge in [0.05, 0.1) is 12.7 Å². The maximum absolute atomic E-state index is 12.6. The highest BCUT2D eigenvalue weighted by molar-refractivity contribution is 14.1. The molecule has 0 saturated heterocycles. The second kappa shape index (κ2) is 5.02. The van der Waals surface area contributed by atoms with Crippen molar-refractivity contribution in [3.05, 3.63) is 21.0 Å². The summed E-state index contributed by atoms with van der Waals surface area (Å²) in [5, 5.41) is -1.03. The highest BCUT2D eigenvalue weighted by atomic mass is 127. The summed E-state index contributed by atoms with van der Waals surface area (Å²) in [6.45, 7) is 0. The summed E-state index contributed by atoms with van der Waals surface area (Å²) in [6.07, 6.45) is -2.86. The molecule has 1 rings (SSSR count). The number of pyridine rings is 1. The number of rotatable bonds is 3. The number of nitrogens with zero attached hydrogens (tertiary/aromatic N) is 1. The lowest BCUT2D eigenvalue weighted by molar-refractivity contribution is 0.105. The average molecular weight is 347 g/mol. The summed E-state index contributed by atoms with van der Waals surface area (Å²) in [4.78, 5) is 14.5. The van der Waals surface area contributed by atoms with Gasteiger partial charge in [0, 0.05) is 6.07 Å². The van der Waals surface area contributed by atoms with Crippen molar-refractivity contribution in [3.63, 3.8) is 0 Å². The Labute approximate surface area is 103 Å². The lowest BCUT2D eigenvalue weighted by Gasteiger charge is -2.10. The minimum atomic E-state index is -2.86. The van der Waals surface area contributed by atoms with Crippen molar-refractivity contribution in [1.29, 1.82) is 0 Å². The van der Waals surface area contributed by atoms with Crippen LogP contribution >= 0.6 is 34.2 Å². The summed E-state index contributed by atoms with van der Waals surface area (Å²) < 4.78 is 30.4. The summed E-state index contributed by atoms with van der Waals surface area (Å²) >= 11 is 6.94. The molecule has 0 atom stereocenters. The van der Waals surface area contributed by atoms with E-state index in [-0.39, 0.29) is 5.75 Å². The predicted octanol–water partition coefficient (Wildman–Crippen LogP) is 3.01. The maximum Gasteiger partial charge on any atom is 0.271 e. The zero-order chi connectivity index (χ0) is 11.6. The summed E-state index contributed by atoms with van der Waals surface area (Å²) in [5.41, 5.74) is -1.03. The van der Waals surface area contributed by atoms with E-state index in [1.807, 2.05) is 0 Å². The number of halogens is 4. The van der Waals surface area contributed by atoms with Crippen molar-refractivity contribution in [3.8, 4) is 5.75 Å². The van der Waals surface area contributed by atoms with E-state index in [4.69, 9.17) is 16.3 Å². The zero-order valence-corrected chi connectivity index (χ0v) is 10.3. The number of hydrogen-bond donors (Lipinski definition) is 0. The van der Waals surface area contributed by atoms with Gasteiger partial charge in [-0.3, -0.25) is 4.79 Å². The number of ether oxygens (including phenoxy) is 1. The van der Waals surface area contributed by atoms with Gasteiger partial charge in [-0.2, -0.15) is 0 Å². The molecule has 0 aliphatic rings. The molecule has 0 saturated carbocycles. The second-order valence-corrected chi connectivity index (χ2v) is 3.93. The molecule has 1 aromatic rings. The maximum atomic E-state index is 12.6. The van der Waals surface area contributed by atoms with E-state index in [2.05, 4.69) is 4.98 Å². The van der Waals surface area contributed by atoms with Crippen LogP contribution in [0.25, 0.3) is 0 Å². The van der Waals surface area contributed by atoms with Gasteiger partial charge in [0.2, 0.25) is 0 Å². The zero-order valence-electron chi connectivity index (χ0n) is 7.43. The standard InChI is InChI=1S/C8H5ClF2INO2/c1-15-3-2-4(12)13-6(7(9)14)5(3)8(10)11/h2,8H,1H3. The SMILES string of the molecule is COc1cc(I)nc(C(=O)Cl)c1C(F)F. The van der Waals surface area contributed by atoms with Crippen LogP contribution in [0.15, 0.2) is 6.07 Å². The van der Waals surface area contributed by atoms with Crippen LogP contribution < -0.4 is 4.74 Å². The molecule has 15 heavy (non-hydrogen) atoms. The van der Waals surface area contributed by atoms with Gasteiger partial charge in [0.15, 0.2) is 0 Å².